The average molecular weight is 327 g/mol. The Hall–Kier alpha value is -0.990. The van der Waals surface area contributed by atoms with E-state index < -0.39 is 25.3 Å². The van der Waals surface area contributed by atoms with Crippen LogP contribution in [0.15, 0.2) is 18.2 Å². The molecule has 0 unspecified atom stereocenters. The van der Waals surface area contributed by atoms with Crippen LogP contribution in [0.5, 0.6) is 0 Å². The summed E-state index contributed by atoms with van der Waals surface area (Å²) in [6.07, 6.45) is 1.000. The van der Waals surface area contributed by atoms with Gasteiger partial charge in [-0.3, -0.25) is 9.44 Å². The van der Waals surface area contributed by atoms with Crippen LogP contribution < -0.4 is 9.44 Å². The van der Waals surface area contributed by atoms with Gasteiger partial charge in [0.15, 0.2) is 0 Å². The quantitative estimate of drug-likeness (QED) is 0.863. The maximum Gasteiger partial charge on any atom is 0.235 e. The average Bonchev–Trinajstić information content (AvgIpc) is 2.20. The zero-order chi connectivity index (χ0) is 14.8. The van der Waals surface area contributed by atoms with Crippen molar-refractivity contribution in [2.75, 3.05) is 15.7 Å². The van der Waals surface area contributed by atoms with Crippen molar-refractivity contribution >= 4 is 43.0 Å². The normalized spacial score (nSPS) is 12.5. The van der Waals surface area contributed by atoms with Crippen molar-refractivity contribution < 1.29 is 16.8 Å². The minimum Gasteiger partial charge on any atom is -0.284 e. The first kappa shape index (κ1) is 16.1. The first-order valence-corrected chi connectivity index (χ1v) is 9.12. The van der Waals surface area contributed by atoms with Crippen molar-refractivity contribution in [3.63, 3.8) is 0 Å². The molecule has 2 N–H and O–H groups in total. The zero-order valence-electron chi connectivity index (χ0n) is 10.6. The first-order chi connectivity index (χ1) is 8.51. The third kappa shape index (κ3) is 4.88. The summed E-state index contributed by atoms with van der Waals surface area (Å²) in [4.78, 5) is 0. The largest absolute Gasteiger partial charge is 0.284 e. The fraction of sp³-hybridized carbons (Fsp3) is 0.400. The smallest absolute Gasteiger partial charge is 0.235 e. The summed E-state index contributed by atoms with van der Waals surface area (Å²) in [6.45, 7) is 3.05. The van der Waals surface area contributed by atoms with Crippen LogP contribution >= 0.6 is 11.6 Å². The Morgan fingerprint density at radius 3 is 2.16 bits per heavy atom. The molecule has 1 rings (SSSR count). The molecule has 19 heavy (non-hydrogen) atoms. The van der Waals surface area contributed by atoms with Gasteiger partial charge in [0.25, 0.3) is 0 Å². The van der Waals surface area contributed by atoms with Crippen molar-refractivity contribution in [2.45, 2.75) is 19.1 Å². The van der Waals surface area contributed by atoms with E-state index in [-0.39, 0.29) is 16.4 Å². The van der Waals surface area contributed by atoms with E-state index >= 15 is 0 Å². The Morgan fingerprint density at radius 2 is 1.68 bits per heavy atom. The van der Waals surface area contributed by atoms with Crippen LogP contribution in [0, 0.1) is 0 Å². The van der Waals surface area contributed by atoms with Crippen molar-refractivity contribution in [2.24, 2.45) is 0 Å². The van der Waals surface area contributed by atoms with Crippen LogP contribution in [0.2, 0.25) is 5.02 Å². The van der Waals surface area contributed by atoms with Gasteiger partial charge in [-0.15, -0.1) is 0 Å². The molecule has 0 aromatic heterocycles. The number of halogens is 1. The molecule has 0 fully saturated rings. The van der Waals surface area contributed by atoms with E-state index in [4.69, 9.17) is 11.6 Å². The lowest BCUT2D eigenvalue weighted by atomic mass is 10.3. The second-order valence-electron chi connectivity index (χ2n) is 4.26. The zero-order valence-corrected chi connectivity index (χ0v) is 13.0. The van der Waals surface area contributed by atoms with E-state index in [1.165, 1.54) is 32.0 Å². The highest BCUT2D eigenvalue weighted by Gasteiger charge is 2.17. The van der Waals surface area contributed by atoms with Crippen molar-refractivity contribution in [1.29, 1.82) is 0 Å². The van der Waals surface area contributed by atoms with Crippen molar-refractivity contribution in [1.82, 2.24) is 0 Å². The molecule has 0 aliphatic rings. The molecule has 0 spiro atoms. The minimum atomic E-state index is -3.55. The van der Waals surface area contributed by atoms with E-state index in [0.29, 0.717) is 0 Å². The van der Waals surface area contributed by atoms with Gasteiger partial charge >= 0.3 is 0 Å². The van der Waals surface area contributed by atoms with Gasteiger partial charge in [0, 0.05) is 0 Å². The molecule has 0 bridgehead atoms. The van der Waals surface area contributed by atoms with Crippen LogP contribution in [-0.2, 0) is 20.0 Å². The molecule has 0 atom stereocenters. The van der Waals surface area contributed by atoms with Crippen molar-refractivity contribution in [3.05, 3.63) is 23.2 Å². The van der Waals surface area contributed by atoms with Crippen molar-refractivity contribution in [3.8, 4) is 0 Å². The molecule has 108 valence electrons. The lowest BCUT2D eigenvalue weighted by Crippen LogP contribution is -2.22. The van der Waals surface area contributed by atoms with Gasteiger partial charge < -0.3 is 0 Å². The second-order valence-corrected chi connectivity index (χ2v) is 8.66. The summed E-state index contributed by atoms with van der Waals surface area (Å²) in [5.41, 5.74) is 0.359. The maximum atomic E-state index is 11.7. The number of benzene rings is 1. The number of nitrogens with one attached hydrogen (secondary N) is 2. The van der Waals surface area contributed by atoms with Gasteiger partial charge in [0.2, 0.25) is 20.0 Å². The third-order valence-corrected chi connectivity index (χ3v) is 4.82. The maximum absolute atomic E-state index is 11.7. The predicted molar refractivity (Wildman–Crippen MR) is 77.6 cm³/mol. The molecule has 0 saturated heterocycles. The third-order valence-electron chi connectivity index (χ3n) is 2.14. The Labute approximate surface area is 118 Å². The second kappa shape index (κ2) is 5.56. The fourth-order valence-electron chi connectivity index (χ4n) is 1.15. The molecule has 1 aromatic rings. The summed E-state index contributed by atoms with van der Waals surface area (Å²) >= 11 is 5.87. The highest BCUT2D eigenvalue weighted by molar-refractivity contribution is 7.93. The summed E-state index contributed by atoms with van der Waals surface area (Å²) in [7, 11) is -6.98. The summed E-state index contributed by atoms with van der Waals surface area (Å²) < 4.78 is 50.3. The van der Waals surface area contributed by atoms with Gasteiger partial charge in [-0.25, -0.2) is 16.8 Å². The summed E-state index contributed by atoms with van der Waals surface area (Å²) in [5.74, 6) is 0. The standard InChI is InChI=1S/C10H15ClN2O4S2/c1-7(2)19(16,17)13-10-6-8(4-5-9(10)11)12-18(3,14)15/h4-7,12-13H,1-3H3. The molecular weight excluding hydrogens is 312 g/mol. The summed E-state index contributed by atoms with van der Waals surface area (Å²) in [6, 6.07) is 4.17. The van der Waals surface area contributed by atoms with Gasteiger partial charge in [-0.1, -0.05) is 11.6 Å². The highest BCUT2D eigenvalue weighted by Crippen LogP contribution is 2.27. The lowest BCUT2D eigenvalue weighted by molar-refractivity contribution is 0.592. The highest BCUT2D eigenvalue weighted by atomic mass is 35.5. The molecule has 0 aliphatic heterocycles. The Morgan fingerprint density at radius 1 is 1.11 bits per heavy atom. The van der Waals surface area contributed by atoms with Crippen LogP contribution in [0.3, 0.4) is 0 Å². The van der Waals surface area contributed by atoms with E-state index in [9.17, 15) is 16.8 Å². The summed E-state index contributed by atoms with van der Waals surface area (Å²) in [5, 5.41) is -0.446. The molecule has 0 radical (unpaired) electrons. The van der Waals surface area contributed by atoms with E-state index in [1.807, 2.05) is 0 Å². The monoisotopic (exact) mass is 326 g/mol. The minimum absolute atomic E-state index is 0.129. The Bertz CT molecular complexity index is 669. The van der Waals surface area contributed by atoms with Gasteiger partial charge in [-0.2, -0.15) is 0 Å². The van der Waals surface area contributed by atoms with Gasteiger partial charge in [0.05, 0.1) is 27.9 Å². The van der Waals surface area contributed by atoms with Crippen LogP contribution in [0.4, 0.5) is 11.4 Å². The van der Waals surface area contributed by atoms with Gasteiger partial charge in [0.1, 0.15) is 0 Å². The number of hydrogen-bond acceptors (Lipinski definition) is 4. The lowest BCUT2D eigenvalue weighted by Gasteiger charge is -2.13. The molecule has 0 saturated carbocycles. The van der Waals surface area contributed by atoms with E-state index in [0.717, 1.165) is 6.26 Å². The van der Waals surface area contributed by atoms with E-state index in [1.54, 1.807) is 0 Å². The number of rotatable bonds is 5. The van der Waals surface area contributed by atoms with Crippen LogP contribution in [-0.4, -0.2) is 28.3 Å². The van der Waals surface area contributed by atoms with Gasteiger partial charge in [-0.05, 0) is 32.0 Å². The number of sulfonamides is 2. The topological polar surface area (TPSA) is 92.3 Å². The molecule has 1 aromatic carbocycles. The molecule has 6 nitrogen and oxygen atoms in total. The molecule has 0 aliphatic carbocycles. The fourth-order valence-corrected chi connectivity index (χ4v) is 2.64. The number of hydrogen-bond donors (Lipinski definition) is 2. The SMILES string of the molecule is CC(C)S(=O)(=O)Nc1cc(NS(C)(=O)=O)ccc1Cl. The Balaban J connectivity index is 3.12. The molecule has 0 amide bonds. The Kier molecular flexibility index (Phi) is 4.70. The predicted octanol–water partition coefficient (Wildman–Crippen LogP) is 1.86. The molecule has 9 heteroatoms. The van der Waals surface area contributed by atoms with Crippen LogP contribution in [0.25, 0.3) is 0 Å². The molecular formula is C10H15ClN2O4S2. The number of anilines is 2. The first-order valence-electron chi connectivity index (χ1n) is 5.30. The van der Waals surface area contributed by atoms with E-state index in [2.05, 4.69) is 9.44 Å². The molecule has 0 heterocycles. The van der Waals surface area contributed by atoms with Crippen LogP contribution in [0.1, 0.15) is 13.8 Å².